The number of carbonyl (C=O) groups is 2. The molecule has 0 spiro atoms. The Hall–Kier alpha value is -4.18. The molecule has 4 aromatic carbocycles. The van der Waals surface area contributed by atoms with E-state index in [1.807, 2.05) is 109 Å². The Morgan fingerprint density at radius 1 is 0.697 bits per heavy atom. The number of para-hydroxylation sites is 1. The quantitative estimate of drug-likeness (QED) is 0.423. The van der Waals surface area contributed by atoms with E-state index in [0.29, 0.717) is 17.8 Å². The predicted molar refractivity (Wildman–Crippen MR) is 132 cm³/mol. The number of nitrogens with zero attached hydrogens (tertiary/aromatic N) is 1. The number of hydrogen-bond acceptors (Lipinski definition) is 2. The van der Waals surface area contributed by atoms with E-state index < -0.39 is 5.92 Å². The maximum absolute atomic E-state index is 13.8. The number of amides is 2. The zero-order chi connectivity index (χ0) is 23.0. The Morgan fingerprint density at radius 3 is 1.76 bits per heavy atom. The van der Waals surface area contributed by atoms with Crippen LogP contribution in [-0.2, 0) is 11.3 Å². The predicted octanol–water partition coefficient (Wildman–Crippen LogP) is 5.41. The summed E-state index contributed by atoms with van der Waals surface area (Å²) < 4.78 is 0. The smallest absolute Gasteiger partial charge is 0.253 e. The van der Waals surface area contributed by atoms with Gasteiger partial charge in [0.1, 0.15) is 0 Å². The van der Waals surface area contributed by atoms with Crippen molar-refractivity contribution >= 4 is 17.5 Å². The second kappa shape index (κ2) is 10.4. The van der Waals surface area contributed by atoms with Crippen molar-refractivity contribution in [1.29, 1.82) is 0 Å². The lowest BCUT2D eigenvalue weighted by atomic mass is 9.90. The van der Waals surface area contributed by atoms with E-state index in [9.17, 15) is 9.59 Å². The van der Waals surface area contributed by atoms with Crippen LogP contribution >= 0.6 is 0 Å². The van der Waals surface area contributed by atoms with Crippen LogP contribution in [0.25, 0.3) is 0 Å². The number of likely N-dealkylation sites (N-methyl/N-ethyl adjacent to an activating group) is 1. The second-order valence-corrected chi connectivity index (χ2v) is 7.84. The van der Waals surface area contributed by atoms with E-state index in [0.717, 1.165) is 16.7 Å². The number of benzene rings is 4. The summed E-state index contributed by atoms with van der Waals surface area (Å²) in [5.74, 6) is -0.793. The maximum Gasteiger partial charge on any atom is 0.253 e. The molecule has 0 aliphatic carbocycles. The van der Waals surface area contributed by atoms with Crippen molar-refractivity contribution in [2.45, 2.75) is 12.5 Å². The van der Waals surface area contributed by atoms with Crippen molar-refractivity contribution in [2.24, 2.45) is 0 Å². The first-order valence-corrected chi connectivity index (χ1v) is 10.9. The van der Waals surface area contributed by atoms with Gasteiger partial charge >= 0.3 is 0 Å². The fourth-order valence-electron chi connectivity index (χ4n) is 3.91. The van der Waals surface area contributed by atoms with Crippen molar-refractivity contribution in [1.82, 2.24) is 5.32 Å². The molecule has 0 atom stereocenters. The van der Waals surface area contributed by atoms with Gasteiger partial charge in [-0.1, -0.05) is 103 Å². The molecule has 0 aliphatic rings. The highest BCUT2D eigenvalue weighted by molar-refractivity contribution is 6.06. The molecule has 0 fully saturated rings. The Kier molecular flexibility index (Phi) is 6.96. The van der Waals surface area contributed by atoms with Gasteiger partial charge in [0.15, 0.2) is 0 Å². The van der Waals surface area contributed by atoms with Gasteiger partial charge in [-0.3, -0.25) is 9.59 Å². The van der Waals surface area contributed by atoms with Crippen LogP contribution in [0.5, 0.6) is 0 Å². The van der Waals surface area contributed by atoms with Crippen molar-refractivity contribution < 1.29 is 9.59 Å². The summed E-state index contributed by atoms with van der Waals surface area (Å²) in [5, 5.41) is 2.97. The van der Waals surface area contributed by atoms with Gasteiger partial charge in [0.05, 0.1) is 17.2 Å². The number of rotatable bonds is 7. The zero-order valence-electron chi connectivity index (χ0n) is 18.5. The normalized spacial score (nSPS) is 10.6. The Bertz CT molecular complexity index is 1170. The molecule has 33 heavy (non-hydrogen) atoms. The monoisotopic (exact) mass is 434 g/mol. The fraction of sp³-hybridized carbons (Fsp3) is 0.103. The minimum atomic E-state index is -0.474. The average Bonchev–Trinajstić information content (AvgIpc) is 2.89. The van der Waals surface area contributed by atoms with Gasteiger partial charge in [0.25, 0.3) is 5.91 Å². The number of nitrogens with one attached hydrogen (secondary N) is 1. The molecule has 1 N–H and O–H groups in total. The molecule has 164 valence electrons. The van der Waals surface area contributed by atoms with Crippen LogP contribution in [0.1, 0.15) is 33.0 Å². The lowest BCUT2D eigenvalue weighted by Gasteiger charge is -2.26. The van der Waals surface area contributed by atoms with Gasteiger partial charge in [-0.05, 0) is 28.8 Å². The van der Waals surface area contributed by atoms with Gasteiger partial charge < -0.3 is 10.2 Å². The van der Waals surface area contributed by atoms with Gasteiger partial charge in [-0.15, -0.1) is 0 Å². The minimum Gasteiger partial charge on any atom is -0.348 e. The third-order valence-corrected chi connectivity index (χ3v) is 5.65. The minimum absolute atomic E-state index is 0.101. The van der Waals surface area contributed by atoms with E-state index in [2.05, 4.69) is 5.32 Å². The summed E-state index contributed by atoms with van der Waals surface area (Å²) in [6.45, 7) is 0.419. The summed E-state index contributed by atoms with van der Waals surface area (Å²) in [6, 6.07) is 36.4. The van der Waals surface area contributed by atoms with Crippen LogP contribution in [0.15, 0.2) is 115 Å². The highest BCUT2D eigenvalue weighted by atomic mass is 16.2. The molecular formula is C29H26N2O2. The van der Waals surface area contributed by atoms with Crippen molar-refractivity contribution in [3.63, 3.8) is 0 Å². The molecule has 0 aromatic heterocycles. The van der Waals surface area contributed by atoms with Gasteiger partial charge in [0.2, 0.25) is 5.91 Å². The van der Waals surface area contributed by atoms with E-state index >= 15 is 0 Å². The maximum atomic E-state index is 13.8. The largest absolute Gasteiger partial charge is 0.348 e. The summed E-state index contributed by atoms with van der Waals surface area (Å²) in [5.41, 5.74) is 3.87. The first-order valence-electron chi connectivity index (χ1n) is 10.9. The topological polar surface area (TPSA) is 49.4 Å². The van der Waals surface area contributed by atoms with Crippen molar-refractivity contribution in [2.75, 3.05) is 11.9 Å². The Labute approximate surface area is 194 Å². The molecule has 0 bridgehead atoms. The summed E-state index contributed by atoms with van der Waals surface area (Å²) in [6.07, 6.45) is 0. The summed E-state index contributed by atoms with van der Waals surface area (Å²) in [7, 11) is 1.73. The van der Waals surface area contributed by atoms with Crippen LogP contribution < -0.4 is 10.2 Å². The fourth-order valence-corrected chi connectivity index (χ4v) is 3.91. The van der Waals surface area contributed by atoms with Crippen LogP contribution in [0.2, 0.25) is 0 Å². The van der Waals surface area contributed by atoms with Crippen molar-refractivity contribution in [3.05, 3.63) is 138 Å². The Morgan fingerprint density at radius 2 is 1.18 bits per heavy atom. The SMILES string of the molecule is CN(C(=O)C(c1ccccc1)c1ccccc1)c1ccccc1C(=O)NCc1ccccc1. The molecule has 0 heterocycles. The van der Waals surface area contributed by atoms with Crippen molar-refractivity contribution in [3.8, 4) is 0 Å². The zero-order valence-corrected chi connectivity index (χ0v) is 18.5. The molecule has 4 heteroatoms. The molecule has 0 saturated heterocycles. The van der Waals surface area contributed by atoms with E-state index in [-0.39, 0.29) is 11.8 Å². The number of anilines is 1. The van der Waals surface area contributed by atoms with Crippen LogP contribution in [-0.4, -0.2) is 18.9 Å². The van der Waals surface area contributed by atoms with Gasteiger partial charge in [-0.25, -0.2) is 0 Å². The summed E-state index contributed by atoms with van der Waals surface area (Å²) in [4.78, 5) is 28.4. The first-order chi connectivity index (χ1) is 16.1. The molecular weight excluding hydrogens is 408 g/mol. The second-order valence-electron chi connectivity index (χ2n) is 7.84. The molecule has 2 amide bonds. The molecule has 0 unspecified atom stereocenters. The molecule has 4 nitrogen and oxygen atoms in total. The third kappa shape index (κ3) is 5.18. The lowest BCUT2D eigenvalue weighted by Crippen LogP contribution is -2.34. The third-order valence-electron chi connectivity index (χ3n) is 5.65. The summed E-state index contributed by atoms with van der Waals surface area (Å²) >= 11 is 0. The molecule has 0 saturated carbocycles. The number of carbonyl (C=O) groups excluding carboxylic acids is 2. The van der Waals surface area contributed by atoms with E-state index in [1.165, 1.54) is 0 Å². The molecule has 4 aromatic rings. The van der Waals surface area contributed by atoms with Gasteiger partial charge in [0, 0.05) is 13.6 Å². The van der Waals surface area contributed by atoms with Crippen LogP contribution in [0, 0.1) is 0 Å². The van der Waals surface area contributed by atoms with E-state index in [1.54, 1.807) is 18.0 Å². The number of hydrogen-bond donors (Lipinski definition) is 1. The van der Waals surface area contributed by atoms with Crippen LogP contribution in [0.3, 0.4) is 0 Å². The molecule has 4 rings (SSSR count). The van der Waals surface area contributed by atoms with E-state index in [4.69, 9.17) is 0 Å². The van der Waals surface area contributed by atoms with Gasteiger partial charge in [-0.2, -0.15) is 0 Å². The molecule has 0 radical (unpaired) electrons. The Balaban J connectivity index is 1.62. The first kappa shape index (κ1) is 22.0. The van der Waals surface area contributed by atoms with Crippen LogP contribution in [0.4, 0.5) is 5.69 Å². The standard InChI is InChI=1S/C29H26N2O2/c1-31(29(33)27(23-15-7-3-8-16-23)24-17-9-4-10-18-24)26-20-12-11-19-25(26)28(32)30-21-22-13-5-2-6-14-22/h2-20,27H,21H2,1H3,(H,30,32). The highest BCUT2D eigenvalue weighted by Crippen LogP contribution is 2.30. The lowest BCUT2D eigenvalue weighted by molar-refractivity contribution is -0.118. The average molecular weight is 435 g/mol. The molecule has 0 aliphatic heterocycles. The highest BCUT2D eigenvalue weighted by Gasteiger charge is 2.28.